The Hall–Kier alpha value is -1.77. The molecular weight excluding hydrogens is 262 g/mol. The van der Waals surface area contributed by atoms with Gasteiger partial charge in [-0.15, -0.1) is 0 Å². The van der Waals surface area contributed by atoms with E-state index < -0.39 is 0 Å². The van der Waals surface area contributed by atoms with Gasteiger partial charge in [-0.2, -0.15) is 0 Å². The summed E-state index contributed by atoms with van der Waals surface area (Å²) in [6.07, 6.45) is 8.39. The van der Waals surface area contributed by atoms with E-state index in [2.05, 4.69) is 6.92 Å². The number of aromatic nitrogens is 1. The van der Waals surface area contributed by atoms with Crippen molar-refractivity contribution in [3.05, 3.63) is 30.0 Å². The highest BCUT2D eigenvalue weighted by Gasteiger charge is 2.16. The molecule has 1 aromatic carbocycles. The zero-order valence-corrected chi connectivity index (χ0v) is 13.3. The molecule has 1 heterocycles. The fraction of sp³-hybridized carbons (Fsp3) is 0.500. The van der Waals surface area contributed by atoms with E-state index in [1.54, 1.807) is 7.11 Å². The van der Waals surface area contributed by atoms with Gasteiger partial charge in [0.1, 0.15) is 5.75 Å². The van der Waals surface area contributed by atoms with Crippen LogP contribution in [0.15, 0.2) is 24.4 Å². The van der Waals surface area contributed by atoms with Crippen molar-refractivity contribution < 1.29 is 9.53 Å². The Balaban J connectivity index is 2.16. The fourth-order valence-corrected chi connectivity index (χ4v) is 2.82. The van der Waals surface area contributed by atoms with Gasteiger partial charge >= 0.3 is 0 Å². The molecule has 0 aliphatic heterocycles. The molecule has 114 valence electrons. The molecule has 21 heavy (non-hydrogen) atoms. The fourth-order valence-electron chi connectivity index (χ4n) is 2.82. The Labute approximate surface area is 126 Å². The molecule has 0 atom stereocenters. The highest BCUT2D eigenvalue weighted by Crippen LogP contribution is 2.31. The molecule has 0 saturated carbocycles. The van der Waals surface area contributed by atoms with Gasteiger partial charge < -0.3 is 9.30 Å². The number of ether oxygens (including phenoxy) is 1. The van der Waals surface area contributed by atoms with Gasteiger partial charge in [0.15, 0.2) is 5.78 Å². The molecule has 0 aliphatic carbocycles. The van der Waals surface area contributed by atoms with Gasteiger partial charge in [-0.1, -0.05) is 38.7 Å². The minimum absolute atomic E-state index is 0.224. The normalized spacial score (nSPS) is 11.0. The highest BCUT2D eigenvalue weighted by atomic mass is 16.5. The molecule has 0 fully saturated rings. The first kappa shape index (κ1) is 15.6. The molecular formula is C18H25NO2. The van der Waals surface area contributed by atoms with Gasteiger partial charge in [0.05, 0.1) is 18.0 Å². The highest BCUT2D eigenvalue weighted by molar-refractivity contribution is 6.10. The van der Waals surface area contributed by atoms with E-state index in [-0.39, 0.29) is 5.78 Å². The monoisotopic (exact) mass is 287 g/mol. The van der Waals surface area contributed by atoms with Crippen LogP contribution in [0.5, 0.6) is 5.75 Å². The number of hydrogen-bond donors (Lipinski definition) is 0. The van der Waals surface area contributed by atoms with Crippen LogP contribution < -0.4 is 4.74 Å². The van der Waals surface area contributed by atoms with E-state index in [1.165, 1.54) is 19.3 Å². The zero-order chi connectivity index (χ0) is 15.2. The van der Waals surface area contributed by atoms with Crippen molar-refractivity contribution in [2.45, 2.75) is 45.4 Å². The topological polar surface area (TPSA) is 31.2 Å². The minimum Gasteiger partial charge on any atom is -0.496 e. The number of nitrogens with zero attached hydrogens (tertiary/aromatic N) is 1. The van der Waals surface area contributed by atoms with Crippen LogP contribution in [0, 0.1) is 0 Å². The summed E-state index contributed by atoms with van der Waals surface area (Å²) in [5, 5.41) is 0.945. The number of fused-ring (bicyclic) bond motifs is 1. The lowest BCUT2D eigenvalue weighted by atomic mass is 10.0. The van der Waals surface area contributed by atoms with Crippen molar-refractivity contribution in [2.24, 2.45) is 7.05 Å². The second kappa shape index (κ2) is 7.30. The second-order valence-electron chi connectivity index (χ2n) is 5.60. The zero-order valence-electron chi connectivity index (χ0n) is 13.3. The Kier molecular flexibility index (Phi) is 5.43. The maximum atomic E-state index is 12.5. The largest absolute Gasteiger partial charge is 0.496 e. The molecule has 0 saturated heterocycles. The van der Waals surface area contributed by atoms with Crippen LogP contribution in [0.1, 0.15) is 55.8 Å². The third kappa shape index (κ3) is 3.46. The molecule has 2 rings (SSSR count). The summed E-state index contributed by atoms with van der Waals surface area (Å²) in [6, 6.07) is 5.90. The summed E-state index contributed by atoms with van der Waals surface area (Å²) in [5.74, 6) is 1.00. The average Bonchev–Trinajstić information content (AvgIpc) is 2.84. The van der Waals surface area contributed by atoms with Crippen LogP contribution in [0.2, 0.25) is 0 Å². The molecule has 0 unspecified atom stereocenters. The first-order valence-corrected chi connectivity index (χ1v) is 7.84. The number of Topliss-reactive ketones (excluding diaryl/α,β-unsaturated/α-hetero) is 1. The number of ketones is 1. The standard InChI is InChI=1S/C18H25NO2/c1-4-5-6-7-8-11-16(20)14-13-19(2)15-10-9-12-17(21-3)18(14)15/h9-10,12-13H,4-8,11H2,1-3H3. The van der Waals surface area contributed by atoms with Gasteiger partial charge in [-0.25, -0.2) is 0 Å². The third-order valence-corrected chi connectivity index (χ3v) is 4.00. The SMILES string of the molecule is CCCCCCCC(=O)c1cn(C)c2cccc(OC)c12. The maximum Gasteiger partial charge on any atom is 0.165 e. The Bertz CT molecular complexity index is 613. The number of benzene rings is 1. The van der Waals surface area contributed by atoms with Crippen molar-refractivity contribution in [1.82, 2.24) is 4.57 Å². The second-order valence-corrected chi connectivity index (χ2v) is 5.60. The van der Waals surface area contributed by atoms with E-state index in [4.69, 9.17) is 4.74 Å². The Morgan fingerprint density at radius 2 is 1.95 bits per heavy atom. The molecule has 1 aromatic heterocycles. The molecule has 0 amide bonds. The summed E-state index contributed by atoms with van der Waals surface area (Å²) in [6.45, 7) is 2.20. The number of unbranched alkanes of at least 4 members (excludes halogenated alkanes) is 4. The summed E-state index contributed by atoms with van der Waals surface area (Å²) < 4.78 is 7.43. The van der Waals surface area contributed by atoms with E-state index >= 15 is 0 Å². The number of carbonyl (C=O) groups excluding carboxylic acids is 1. The molecule has 0 bridgehead atoms. The molecule has 0 aliphatic rings. The van der Waals surface area contributed by atoms with E-state index in [1.807, 2.05) is 36.0 Å². The van der Waals surface area contributed by atoms with Gasteiger partial charge in [0.2, 0.25) is 0 Å². The van der Waals surface area contributed by atoms with Crippen LogP contribution in [-0.2, 0) is 7.05 Å². The van der Waals surface area contributed by atoms with Crippen molar-refractivity contribution in [2.75, 3.05) is 7.11 Å². The predicted octanol–water partition coefficient (Wildman–Crippen LogP) is 4.73. The third-order valence-electron chi connectivity index (χ3n) is 4.00. The molecule has 3 heteroatoms. The quantitative estimate of drug-likeness (QED) is 0.519. The first-order chi connectivity index (χ1) is 10.2. The average molecular weight is 287 g/mol. The minimum atomic E-state index is 0.224. The lowest BCUT2D eigenvalue weighted by molar-refractivity contribution is 0.0980. The van der Waals surface area contributed by atoms with Crippen molar-refractivity contribution in [3.8, 4) is 5.75 Å². The van der Waals surface area contributed by atoms with Crippen LogP contribution in [0.25, 0.3) is 10.9 Å². The van der Waals surface area contributed by atoms with Gasteiger partial charge in [-0.3, -0.25) is 4.79 Å². The lowest BCUT2D eigenvalue weighted by Crippen LogP contribution is -1.99. The summed E-state index contributed by atoms with van der Waals surface area (Å²) >= 11 is 0. The van der Waals surface area contributed by atoms with E-state index in [0.717, 1.165) is 35.1 Å². The predicted molar refractivity (Wildman–Crippen MR) is 87.2 cm³/mol. The van der Waals surface area contributed by atoms with E-state index in [9.17, 15) is 4.79 Å². The molecule has 0 radical (unpaired) electrons. The number of hydrogen-bond acceptors (Lipinski definition) is 2. The van der Waals surface area contributed by atoms with Crippen LogP contribution in [0.3, 0.4) is 0 Å². The van der Waals surface area contributed by atoms with Gasteiger partial charge in [0.25, 0.3) is 0 Å². The number of rotatable bonds is 8. The molecule has 0 N–H and O–H groups in total. The van der Waals surface area contributed by atoms with Crippen molar-refractivity contribution in [1.29, 1.82) is 0 Å². The van der Waals surface area contributed by atoms with Crippen LogP contribution in [0.4, 0.5) is 0 Å². The summed E-state index contributed by atoms with van der Waals surface area (Å²) in [7, 11) is 3.63. The molecule has 3 nitrogen and oxygen atoms in total. The number of methoxy groups -OCH3 is 1. The Morgan fingerprint density at radius 1 is 1.19 bits per heavy atom. The first-order valence-electron chi connectivity index (χ1n) is 7.84. The molecule has 2 aromatic rings. The van der Waals surface area contributed by atoms with Crippen molar-refractivity contribution >= 4 is 16.7 Å². The molecule has 0 spiro atoms. The summed E-state index contributed by atoms with van der Waals surface area (Å²) in [4.78, 5) is 12.5. The maximum absolute atomic E-state index is 12.5. The van der Waals surface area contributed by atoms with Crippen LogP contribution in [-0.4, -0.2) is 17.5 Å². The van der Waals surface area contributed by atoms with E-state index in [0.29, 0.717) is 6.42 Å². The van der Waals surface area contributed by atoms with Crippen molar-refractivity contribution in [3.63, 3.8) is 0 Å². The lowest BCUT2D eigenvalue weighted by Gasteiger charge is -2.05. The van der Waals surface area contributed by atoms with Gasteiger partial charge in [0, 0.05) is 25.2 Å². The number of aryl methyl sites for hydroxylation is 1. The smallest absolute Gasteiger partial charge is 0.165 e. The Morgan fingerprint density at radius 3 is 2.67 bits per heavy atom. The van der Waals surface area contributed by atoms with Gasteiger partial charge in [-0.05, 0) is 18.6 Å². The number of carbonyl (C=O) groups is 1. The van der Waals surface area contributed by atoms with Crippen LogP contribution >= 0.6 is 0 Å². The summed E-state index contributed by atoms with van der Waals surface area (Å²) in [5.41, 5.74) is 1.84.